The summed E-state index contributed by atoms with van der Waals surface area (Å²) in [5.41, 5.74) is -5.45. The van der Waals surface area contributed by atoms with Crippen LogP contribution in [0.5, 0.6) is 0 Å². The Morgan fingerprint density at radius 1 is 1.31 bits per heavy atom. The van der Waals surface area contributed by atoms with Crippen LogP contribution in [-0.4, -0.2) is 31.7 Å². The number of nitrogens with zero attached hydrogens (tertiary/aromatic N) is 2. The first kappa shape index (κ1) is 12.7. The van der Waals surface area contributed by atoms with E-state index in [1.54, 1.807) is 0 Å². The van der Waals surface area contributed by atoms with Gasteiger partial charge in [-0.15, -0.1) is 4.28 Å². The number of alkyl halides is 3. The van der Waals surface area contributed by atoms with Crippen molar-refractivity contribution >= 4 is 16.3 Å². The summed E-state index contributed by atoms with van der Waals surface area (Å²) >= 11 is 0. The largest absolute Gasteiger partial charge is 0.525 e. The molecule has 0 fully saturated rings. The summed E-state index contributed by atoms with van der Waals surface area (Å²) in [7, 11) is -5.64. The third kappa shape index (κ3) is 3.35. The Labute approximate surface area is 89.6 Å². The van der Waals surface area contributed by atoms with E-state index in [4.69, 9.17) is 0 Å². The number of hydroxylamine groups is 2. The van der Waals surface area contributed by atoms with Crippen LogP contribution in [0.2, 0.25) is 0 Å². The van der Waals surface area contributed by atoms with Crippen LogP contribution in [0.1, 0.15) is 0 Å². The number of hydrogen-bond donors (Lipinski definition) is 0. The highest BCUT2D eigenvalue weighted by Crippen LogP contribution is 2.25. The van der Waals surface area contributed by atoms with Gasteiger partial charge in [0.2, 0.25) is 0 Å². The molecule has 5 nitrogen and oxygen atoms in total. The molecule has 0 saturated carbocycles. The number of allylic oxidation sites excluding steroid dienone is 2. The molecule has 0 aromatic heterocycles. The van der Waals surface area contributed by atoms with Gasteiger partial charge in [-0.05, 0) is 12.2 Å². The van der Waals surface area contributed by atoms with Crippen LogP contribution < -0.4 is 0 Å². The summed E-state index contributed by atoms with van der Waals surface area (Å²) in [6.45, 7) is -0.212. The van der Waals surface area contributed by atoms with Gasteiger partial charge in [0.15, 0.2) is 0 Å². The quantitative estimate of drug-likeness (QED) is 0.696. The molecule has 0 atom stereocenters. The monoisotopic (exact) mass is 256 g/mol. The molecule has 0 amide bonds. The van der Waals surface area contributed by atoms with Crippen LogP contribution in [0.25, 0.3) is 0 Å². The van der Waals surface area contributed by atoms with Crippen molar-refractivity contribution < 1.29 is 25.9 Å². The molecule has 9 heteroatoms. The number of halogens is 3. The van der Waals surface area contributed by atoms with E-state index in [1.165, 1.54) is 24.6 Å². The Kier molecular flexibility index (Phi) is 3.70. The van der Waals surface area contributed by atoms with E-state index in [0.29, 0.717) is 5.06 Å². The van der Waals surface area contributed by atoms with Crippen molar-refractivity contribution in [1.82, 2.24) is 5.06 Å². The highest BCUT2D eigenvalue weighted by atomic mass is 32.2. The Bertz CT molecular complexity index is 425. The molecule has 0 aliphatic carbocycles. The molecule has 0 N–H and O–H groups in total. The third-order valence-electron chi connectivity index (χ3n) is 1.38. The maximum Gasteiger partial charge on any atom is 0.525 e. The minimum Gasteiger partial charge on any atom is -0.267 e. The van der Waals surface area contributed by atoms with Crippen LogP contribution in [0, 0.1) is 0 Å². The van der Waals surface area contributed by atoms with Gasteiger partial charge in [0.05, 0.1) is 6.54 Å². The minimum absolute atomic E-state index is 0.212. The van der Waals surface area contributed by atoms with Crippen molar-refractivity contribution in [3.8, 4) is 0 Å². The van der Waals surface area contributed by atoms with Gasteiger partial charge in [-0.3, -0.25) is 4.99 Å². The fraction of sp³-hybridized carbons (Fsp3) is 0.286. The first-order valence-electron chi connectivity index (χ1n) is 3.95. The molecular weight excluding hydrogens is 249 g/mol. The second-order valence-electron chi connectivity index (χ2n) is 2.59. The van der Waals surface area contributed by atoms with Crippen molar-refractivity contribution in [2.75, 3.05) is 6.54 Å². The van der Waals surface area contributed by atoms with Crippen molar-refractivity contribution in [3.05, 3.63) is 24.6 Å². The Morgan fingerprint density at radius 2 is 2.00 bits per heavy atom. The van der Waals surface area contributed by atoms with Gasteiger partial charge in [-0.25, -0.2) is 5.06 Å². The average Bonchev–Trinajstić information content (AvgIpc) is 2.07. The van der Waals surface area contributed by atoms with Crippen LogP contribution in [0.3, 0.4) is 0 Å². The van der Waals surface area contributed by atoms with E-state index in [2.05, 4.69) is 9.28 Å². The summed E-state index contributed by atoms with van der Waals surface area (Å²) in [6.07, 6.45) is 6.34. The molecule has 1 rings (SSSR count). The standard InChI is InChI=1S/C7H7F3N2O3S/c8-7(9,10)16(13,14)15-12-5-2-1-3-11-4-6-12/h1-5H,6H2. The second kappa shape index (κ2) is 4.66. The number of hydrogen-bond acceptors (Lipinski definition) is 5. The molecule has 90 valence electrons. The molecule has 0 bridgehead atoms. The van der Waals surface area contributed by atoms with Gasteiger partial charge < -0.3 is 0 Å². The van der Waals surface area contributed by atoms with Gasteiger partial charge in [-0.2, -0.15) is 21.6 Å². The molecule has 0 saturated heterocycles. The van der Waals surface area contributed by atoms with Crippen LogP contribution in [-0.2, 0) is 14.4 Å². The number of rotatable bonds is 2. The first-order valence-corrected chi connectivity index (χ1v) is 5.36. The zero-order valence-corrected chi connectivity index (χ0v) is 8.57. The van der Waals surface area contributed by atoms with E-state index in [1.807, 2.05) is 0 Å². The lowest BCUT2D eigenvalue weighted by Gasteiger charge is -2.18. The van der Waals surface area contributed by atoms with Gasteiger partial charge in [0.1, 0.15) is 0 Å². The second-order valence-corrected chi connectivity index (χ2v) is 4.11. The highest BCUT2D eigenvalue weighted by Gasteiger charge is 2.48. The van der Waals surface area contributed by atoms with Gasteiger partial charge in [-0.1, -0.05) is 0 Å². The number of aliphatic imine (C=N–C) groups is 1. The zero-order valence-electron chi connectivity index (χ0n) is 7.76. The highest BCUT2D eigenvalue weighted by molar-refractivity contribution is 7.87. The molecule has 1 heterocycles. The normalized spacial score (nSPS) is 17.3. The van der Waals surface area contributed by atoms with E-state index < -0.39 is 15.6 Å². The lowest BCUT2D eigenvalue weighted by molar-refractivity contribution is -0.0785. The molecule has 0 unspecified atom stereocenters. The van der Waals surface area contributed by atoms with Gasteiger partial charge in [0, 0.05) is 18.6 Å². The lowest BCUT2D eigenvalue weighted by Crippen LogP contribution is -2.33. The van der Waals surface area contributed by atoms with Gasteiger partial charge >= 0.3 is 15.6 Å². The predicted octanol–water partition coefficient (Wildman–Crippen LogP) is 1.18. The fourth-order valence-corrected chi connectivity index (χ4v) is 1.17. The Morgan fingerprint density at radius 3 is 2.62 bits per heavy atom. The molecule has 1 aliphatic rings. The molecule has 1 aliphatic heterocycles. The summed E-state index contributed by atoms with van der Waals surface area (Å²) in [4.78, 5) is 3.62. The molecule has 0 aromatic carbocycles. The van der Waals surface area contributed by atoms with E-state index >= 15 is 0 Å². The topological polar surface area (TPSA) is 59.0 Å². The smallest absolute Gasteiger partial charge is 0.267 e. The molecule has 16 heavy (non-hydrogen) atoms. The summed E-state index contributed by atoms with van der Waals surface area (Å²) in [5, 5.41) is 0.510. The Balaban J connectivity index is 2.78. The Hall–Kier alpha value is -1.35. The molecule has 0 aromatic rings. The zero-order chi connectivity index (χ0) is 12.2. The fourth-order valence-electron chi connectivity index (χ4n) is 0.718. The summed E-state index contributed by atoms with van der Waals surface area (Å²) in [6, 6.07) is 0. The maximum absolute atomic E-state index is 12.0. The first-order chi connectivity index (χ1) is 7.33. The van der Waals surface area contributed by atoms with E-state index in [0.717, 1.165) is 6.20 Å². The molecular formula is C7H7F3N2O3S. The van der Waals surface area contributed by atoms with Crippen molar-refractivity contribution in [3.63, 3.8) is 0 Å². The van der Waals surface area contributed by atoms with Crippen LogP contribution in [0.15, 0.2) is 29.5 Å². The average molecular weight is 256 g/mol. The van der Waals surface area contributed by atoms with Crippen molar-refractivity contribution in [2.24, 2.45) is 4.99 Å². The van der Waals surface area contributed by atoms with Crippen LogP contribution >= 0.6 is 0 Å². The molecule has 0 radical (unpaired) electrons. The maximum atomic E-state index is 12.0. The minimum atomic E-state index is -5.64. The van der Waals surface area contributed by atoms with Crippen LogP contribution in [0.4, 0.5) is 13.2 Å². The third-order valence-corrected chi connectivity index (χ3v) is 2.33. The predicted molar refractivity (Wildman–Crippen MR) is 49.5 cm³/mol. The summed E-state index contributed by atoms with van der Waals surface area (Å²) < 4.78 is 61.0. The lowest BCUT2D eigenvalue weighted by atomic mass is 10.5. The van der Waals surface area contributed by atoms with E-state index in [-0.39, 0.29) is 6.54 Å². The van der Waals surface area contributed by atoms with Gasteiger partial charge in [0.25, 0.3) is 0 Å². The van der Waals surface area contributed by atoms with Crippen molar-refractivity contribution in [2.45, 2.75) is 5.51 Å². The molecule has 0 spiro atoms. The van der Waals surface area contributed by atoms with E-state index in [9.17, 15) is 21.6 Å². The van der Waals surface area contributed by atoms with Crippen molar-refractivity contribution in [1.29, 1.82) is 0 Å². The summed E-state index contributed by atoms with van der Waals surface area (Å²) in [5.74, 6) is 0. The SMILES string of the molecule is O=S(=O)(ON1C=CC=CN=CC1)C(F)(F)F.